The van der Waals surface area contributed by atoms with Gasteiger partial charge >= 0.3 is 6.09 Å². The van der Waals surface area contributed by atoms with Crippen molar-refractivity contribution in [3.05, 3.63) is 98.5 Å². The first kappa shape index (κ1) is 33.4. The molecule has 2 aliphatic heterocycles. The number of methoxy groups -OCH3 is 1. The Balaban J connectivity index is 1.24. The summed E-state index contributed by atoms with van der Waals surface area (Å²) in [5, 5.41) is 14.2. The van der Waals surface area contributed by atoms with Crippen LogP contribution in [0.1, 0.15) is 63.7 Å². The number of hydrogen-bond donors (Lipinski definition) is 2. The Labute approximate surface area is 277 Å². The highest BCUT2D eigenvalue weighted by Gasteiger charge is 2.37. The van der Waals surface area contributed by atoms with Crippen molar-refractivity contribution in [2.24, 2.45) is 0 Å². The van der Waals surface area contributed by atoms with Gasteiger partial charge in [0.2, 0.25) is 0 Å². The molecule has 3 amide bonds. The molecule has 11 heteroatoms. The molecule has 0 saturated carbocycles. The molecule has 0 fully saturated rings. The molecule has 2 atom stereocenters. The minimum absolute atomic E-state index is 0.0282. The number of fused-ring (bicyclic) bond motifs is 2. The molecule has 10 nitrogen and oxygen atoms in total. The largest absolute Gasteiger partial charge is 0.468 e. The fourth-order valence-electron chi connectivity index (χ4n) is 5.74. The van der Waals surface area contributed by atoms with Gasteiger partial charge in [-0.25, -0.2) is 4.79 Å². The second-order valence-corrected chi connectivity index (χ2v) is 13.5. The van der Waals surface area contributed by atoms with Crippen molar-refractivity contribution in [2.75, 3.05) is 27.0 Å². The number of benzene rings is 3. The van der Waals surface area contributed by atoms with Crippen LogP contribution >= 0.6 is 15.9 Å². The molecule has 2 N–H and O–H groups in total. The Hall–Kier alpha value is -3.93. The van der Waals surface area contributed by atoms with Crippen LogP contribution in [0.25, 0.3) is 0 Å². The smallest absolute Gasteiger partial charge is 0.410 e. The summed E-state index contributed by atoms with van der Waals surface area (Å²) in [6.45, 7) is 6.66. The maximum absolute atomic E-state index is 13.3. The highest BCUT2D eigenvalue weighted by atomic mass is 79.9. The molecule has 0 radical (unpaired) electrons. The summed E-state index contributed by atoms with van der Waals surface area (Å²) in [4.78, 5) is 42.8. The monoisotopic (exact) mass is 693 g/mol. The van der Waals surface area contributed by atoms with Crippen molar-refractivity contribution in [1.29, 1.82) is 0 Å². The van der Waals surface area contributed by atoms with Crippen LogP contribution in [0.4, 0.5) is 4.79 Å². The number of halogens is 1. The first-order valence-electron chi connectivity index (χ1n) is 15.3. The van der Waals surface area contributed by atoms with Crippen LogP contribution in [0, 0.1) is 0 Å². The van der Waals surface area contributed by atoms with Gasteiger partial charge in [0.05, 0.1) is 12.1 Å². The Morgan fingerprint density at radius 1 is 0.957 bits per heavy atom. The number of nitrogens with one attached hydrogen (secondary N) is 1. The quantitative estimate of drug-likeness (QED) is 0.316. The van der Waals surface area contributed by atoms with E-state index in [9.17, 15) is 19.5 Å². The van der Waals surface area contributed by atoms with E-state index in [0.29, 0.717) is 42.8 Å². The van der Waals surface area contributed by atoms with Crippen molar-refractivity contribution in [1.82, 2.24) is 15.1 Å². The van der Waals surface area contributed by atoms with Crippen molar-refractivity contribution in [3.63, 3.8) is 0 Å². The first-order chi connectivity index (χ1) is 21.9. The summed E-state index contributed by atoms with van der Waals surface area (Å²) < 4.78 is 17.2. The average Bonchev–Trinajstić information content (AvgIpc) is 3.04. The van der Waals surface area contributed by atoms with Gasteiger partial charge in [-0.2, -0.15) is 0 Å². The molecule has 5 rings (SSSR count). The standard InChI is InChI=1S/C35H40BrN3O7/c1-35(2,3)46-34(43)39-20-27-16-29(45-21-44-4)12-9-23(27)17-30(39)31(40)18-37-32(41)25-5-6-26-19-38(14-13-24(26)15-25)33(42)22-7-10-28(36)11-8-22/h5-12,15-16,30-31,40H,13-14,17-21H2,1-4H3,(H,37,41)/t30-,31+/m0/s1. The van der Waals surface area contributed by atoms with Gasteiger partial charge in [-0.1, -0.05) is 28.1 Å². The van der Waals surface area contributed by atoms with Gasteiger partial charge in [-0.05, 0) is 104 Å². The van der Waals surface area contributed by atoms with Gasteiger partial charge < -0.3 is 29.5 Å². The number of carbonyl (C=O) groups excluding carboxylic acids is 3. The molecule has 0 unspecified atom stereocenters. The minimum Gasteiger partial charge on any atom is -0.468 e. The average molecular weight is 695 g/mol. The molecule has 2 aliphatic rings. The maximum Gasteiger partial charge on any atom is 0.410 e. The molecule has 3 aromatic rings. The van der Waals surface area contributed by atoms with E-state index in [1.165, 1.54) is 4.90 Å². The third-order valence-electron chi connectivity index (χ3n) is 8.09. The zero-order chi connectivity index (χ0) is 33.0. The van der Waals surface area contributed by atoms with E-state index in [4.69, 9.17) is 14.2 Å². The van der Waals surface area contributed by atoms with Gasteiger partial charge in [0.1, 0.15) is 11.4 Å². The number of ether oxygens (including phenoxy) is 3. The van der Waals surface area contributed by atoms with E-state index in [2.05, 4.69) is 21.2 Å². The summed E-state index contributed by atoms with van der Waals surface area (Å²) in [6, 6.07) is 17.8. The van der Waals surface area contributed by atoms with Crippen LogP contribution in [-0.2, 0) is 35.4 Å². The van der Waals surface area contributed by atoms with E-state index in [-0.39, 0.29) is 31.7 Å². The Morgan fingerprint density at radius 2 is 1.67 bits per heavy atom. The van der Waals surface area contributed by atoms with E-state index >= 15 is 0 Å². The summed E-state index contributed by atoms with van der Waals surface area (Å²) in [5.74, 6) is 0.264. The van der Waals surface area contributed by atoms with Crippen molar-refractivity contribution < 1.29 is 33.7 Å². The zero-order valence-corrected chi connectivity index (χ0v) is 28.1. The van der Waals surface area contributed by atoms with Crippen molar-refractivity contribution in [3.8, 4) is 5.75 Å². The third-order valence-corrected chi connectivity index (χ3v) is 8.62. The van der Waals surface area contributed by atoms with Gasteiger partial charge in [0.15, 0.2) is 6.79 Å². The minimum atomic E-state index is -1.05. The first-order valence-corrected chi connectivity index (χ1v) is 16.1. The zero-order valence-electron chi connectivity index (χ0n) is 26.5. The molecule has 46 heavy (non-hydrogen) atoms. The van der Waals surface area contributed by atoms with Crippen LogP contribution in [0.15, 0.2) is 65.1 Å². The molecular weight excluding hydrogens is 654 g/mol. The molecule has 0 saturated heterocycles. The lowest BCUT2D eigenvalue weighted by molar-refractivity contribution is -0.0114. The summed E-state index contributed by atoms with van der Waals surface area (Å²) >= 11 is 3.40. The molecular formula is C35H40BrN3O7. The van der Waals surface area contributed by atoms with Gasteiger partial charge in [-0.3, -0.25) is 14.5 Å². The molecule has 3 aromatic carbocycles. The molecule has 2 heterocycles. The van der Waals surface area contributed by atoms with Crippen LogP contribution < -0.4 is 10.1 Å². The van der Waals surface area contributed by atoms with Crippen LogP contribution in [0.3, 0.4) is 0 Å². The second-order valence-electron chi connectivity index (χ2n) is 12.6. The number of rotatable bonds is 8. The molecule has 0 bridgehead atoms. The lowest BCUT2D eigenvalue weighted by atomic mass is 9.91. The van der Waals surface area contributed by atoms with Crippen LogP contribution in [0.5, 0.6) is 5.75 Å². The van der Waals surface area contributed by atoms with Crippen molar-refractivity contribution in [2.45, 2.75) is 64.4 Å². The third kappa shape index (κ3) is 8.07. The highest BCUT2D eigenvalue weighted by molar-refractivity contribution is 9.10. The van der Waals surface area contributed by atoms with E-state index in [0.717, 1.165) is 26.7 Å². The van der Waals surface area contributed by atoms with Crippen LogP contribution in [0.2, 0.25) is 0 Å². The Bertz CT molecular complexity index is 1590. The molecule has 0 spiro atoms. The normalized spacial score (nSPS) is 16.6. The summed E-state index contributed by atoms with van der Waals surface area (Å²) in [5.41, 5.74) is 4.26. The van der Waals surface area contributed by atoms with E-state index in [1.54, 1.807) is 46.1 Å². The lowest BCUT2D eigenvalue weighted by Crippen LogP contribution is -2.54. The number of aliphatic hydroxyl groups excluding tert-OH is 1. The Kier molecular flexibility index (Phi) is 10.3. The fourth-order valence-corrected chi connectivity index (χ4v) is 6.01. The number of hydrogen-bond acceptors (Lipinski definition) is 7. The topological polar surface area (TPSA) is 118 Å². The number of aliphatic hydroxyl groups is 1. The van der Waals surface area contributed by atoms with E-state index in [1.807, 2.05) is 47.4 Å². The molecule has 244 valence electrons. The van der Waals surface area contributed by atoms with Gasteiger partial charge in [-0.15, -0.1) is 0 Å². The van der Waals surface area contributed by atoms with Crippen molar-refractivity contribution >= 4 is 33.8 Å². The summed E-state index contributed by atoms with van der Waals surface area (Å²) in [6.07, 6.45) is -0.583. The van der Waals surface area contributed by atoms with Crippen LogP contribution in [-0.4, -0.2) is 77.6 Å². The fraction of sp³-hybridized carbons (Fsp3) is 0.400. The lowest BCUT2D eigenvalue weighted by Gasteiger charge is -2.40. The molecule has 0 aliphatic carbocycles. The number of amides is 3. The maximum atomic E-state index is 13.3. The van der Waals surface area contributed by atoms with Gasteiger partial charge in [0, 0.05) is 48.9 Å². The second kappa shape index (κ2) is 14.2. The van der Waals surface area contributed by atoms with Gasteiger partial charge in [0.25, 0.3) is 11.8 Å². The van der Waals surface area contributed by atoms with E-state index < -0.39 is 23.8 Å². The summed E-state index contributed by atoms with van der Waals surface area (Å²) in [7, 11) is 1.54. The number of carbonyl (C=O) groups is 3. The Morgan fingerprint density at radius 3 is 2.39 bits per heavy atom. The molecule has 0 aromatic heterocycles. The SMILES string of the molecule is COCOc1ccc2c(c1)CN(C(=O)OC(C)(C)C)[C@H]([C@H](O)CNC(=O)c1ccc3c(c1)CCN(C(=O)c1ccc(Br)cc1)C3)C2. The predicted octanol–water partition coefficient (Wildman–Crippen LogP) is 5.08. The highest BCUT2D eigenvalue weighted by Crippen LogP contribution is 2.30. The predicted molar refractivity (Wildman–Crippen MR) is 176 cm³/mol. The number of nitrogens with zero attached hydrogens (tertiary/aromatic N) is 2.